The molecule has 0 spiro atoms. The Morgan fingerprint density at radius 3 is 2.39 bits per heavy atom. The first-order valence-corrected chi connectivity index (χ1v) is 7.73. The molecule has 0 amide bonds. The van der Waals surface area contributed by atoms with Crippen molar-refractivity contribution in [3.05, 3.63) is 0 Å². The first kappa shape index (κ1) is 14.3. The Labute approximate surface area is 112 Å². The van der Waals surface area contributed by atoms with Gasteiger partial charge >= 0.3 is 0 Å². The van der Waals surface area contributed by atoms with Crippen LogP contribution in [0.2, 0.25) is 0 Å². The Morgan fingerprint density at radius 2 is 1.83 bits per heavy atom. The van der Waals surface area contributed by atoms with Gasteiger partial charge in [-0.2, -0.15) is 0 Å². The zero-order valence-electron chi connectivity index (χ0n) is 11.9. The third kappa shape index (κ3) is 3.69. The van der Waals surface area contributed by atoms with Crippen LogP contribution in [-0.2, 0) is 4.74 Å². The summed E-state index contributed by atoms with van der Waals surface area (Å²) in [7, 11) is 0. The quantitative estimate of drug-likeness (QED) is 0.819. The van der Waals surface area contributed by atoms with Crippen LogP contribution in [0.1, 0.15) is 51.9 Å². The minimum Gasteiger partial charge on any atom is -0.396 e. The van der Waals surface area contributed by atoms with Crippen molar-refractivity contribution in [1.82, 2.24) is 4.90 Å². The van der Waals surface area contributed by atoms with E-state index in [0.717, 1.165) is 39.1 Å². The average Bonchev–Trinajstić information content (AvgIpc) is 2.42. The predicted molar refractivity (Wildman–Crippen MR) is 73.7 cm³/mol. The Hall–Kier alpha value is -0.120. The molecule has 2 aliphatic rings. The summed E-state index contributed by atoms with van der Waals surface area (Å²) in [6, 6.07) is 0. The van der Waals surface area contributed by atoms with Gasteiger partial charge in [0.2, 0.25) is 0 Å². The van der Waals surface area contributed by atoms with Gasteiger partial charge in [-0.25, -0.2) is 0 Å². The molecule has 1 aliphatic heterocycles. The molecular formula is C15H29NO2. The van der Waals surface area contributed by atoms with Crippen LogP contribution in [0.4, 0.5) is 0 Å². The molecule has 1 saturated heterocycles. The molecule has 0 atom stereocenters. The van der Waals surface area contributed by atoms with Gasteiger partial charge in [0.15, 0.2) is 0 Å². The van der Waals surface area contributed by atoms with Crippen LogP contribution in [0, 0.1) is 5.41 Å². The molecule has 1 aliphatic carbocycles. The topological polar surface area (TPSA) is 32.7 Å². The molecule has 0 bridgehead atoms. The monoisotopic (exact) mass is 255 g/mol. The summed E-state index contributed by atoms with van der Waals surface area (Å²) in [5.41, 5.74) is 0.205. The summed E-state index contributed by atoms with van der Waals surface area (Å²) < 4.78 is 5.70. The van der Waals surface area contributed by atoms with Crippen molar-refractivity contribution >= 4 is 0 Å². The molecule has 2 rings (SSSR count). The lowest BCUT2D eigenvalue weighted by molar-refractivity contribution is -0.0124. The third-order valence-electron chi connectivity index (χ3n) is 4.75. The second-order valence-electron chi connectivity index (χ2n) is 6.15. The second kappa shape index (κ2) is 6.88. The lowest BCUT2D eigenvalue weighted by Crippen LogP contribution is -2.46. The summed E-state index contributed by atoms with van der Waals surface area (Å²) in [6.45, 7) is 6.68. The van der Waals surface area contributed by atoms with Crippen LogP contribution >= 0.6 is 0 Å². The van der Waals surface area contributed by atoms with Crippen molar-refractivity contribution in [2.75, 3.05) is 32.8 Å². The van der Waals surface area contributed by atoms with Crippen molar-refractivity contribution in [3.63, 3.8) is 0 Å². The summed E-state index contributed by atoms with van der Waals surface area (Å²) >= 11 is 0. The third-order valence-corrected chi connectivity index (χ3v) is 4.75. The Bertz CT molecular complexity index is 231. The van der Waals surface area contributed by atoms with Crippen molar-refractivity contribution in [1.29, 1.82) is 0 Å². The highest BCUT2D eigenvalue weighted by molar-refractivity contribution is 4.87. The van der Waals surface area contributed by atoms with E-state index in [0.29, 0.717) is 12.7 Å². The van der Waals surface area contributed by atoms with Gasteiger partial charge in [-0.15, -0.1) is 0 Å². The minimum atomic E-state index is 0.205. The van der Waals surface area contributed by atoms with Crippen LogP contribution in [0.25, 0.3) is 0 Å². The Morgan fingerprint density at radius 1 is 1.17 bits per heavy atom. The van der Waals surface area contributed by atoms with Gasteiger partial charge in [-0.05, 0) is 32.6 Å². The van der Waals surface area contributed by atoms with Gasteiger partial charge in [0.1, 0.15) is 0 Å². The number of rotatable bonds is 5. The molecule has 3 heteroatoms. The van der Waals surface area contributed by atoms with Gasteiger partial charge in [-0.3, -0.25) is 0 Å². The van der Waals surface area contributed by atoms with E-state index in [-0.39, 0.29) is 5.41 Å². The van der Waals surface area contributed by atoms with Crippen LogP contribution in [-0.4, -0.2) is 49.0 Å². The molecule has 0 radical (unpaired) electrons. The Kier molecular flexibility index (Phi) is 5.46. The summed E-state index contributed by atoms with van der Waals surface area (Å²) in [5, 5.41) is 9.76. The highest BCUT2D eigenvalue weighted by Crippen LogP contribution is 2.37. The van der Waals surface area contributed by atoms with E-state index in [1.807, 2.05) is 0 Å². The van der Waals surface area contributed by atoms with Crippen molar-refractivity contribution in [2.24, 2.45) is 5.41 Å². The lowest BCUT2D eigenvalue weighted by Gasteiger charge is -2.42. The van der Waals surface area contributed by atoms with E-state index in [1.165, 1.54) is 32.1 Å². The van der Waals surface area contributed by atoms with E-state index in [9.17, 15) is 5.11 Å². The zero-order valence-corrected chi connectivity index (χ0v) is 11.9. The number of hydrogen-bond acceptors (Lipinski definition) is 3. The van der Waals surface area contributed by atoms with E-state index in [2.05, 4.69) is 11.8 Å². The maximum absolute atomic E-state index is 9.76. The molecule has 0 aromatic carbocycles. The number of nitrogens with zero attached hydrogens (tertiary/aromatic N) is 1. The predicted octanol–water partition coefficient (Wildman–Crippen LogP) is 2.43. The van der Waals surface area contributed by atoms with Crippen LogP contribution in [0.5, 0.6) is 0 Å². The maximum Gasteiger partial charge on any atom is 0.0599 e. The molecular weight excluding hydrogens is 226 g/mol. The molecule has 106 valence electrons. The molecule has 18 heavy (non-hydrogen) atoms. The number of likely N-dealkylation sites (tertiary alicyclic amines) is 1. The summed E-state index contributed by atoms with van der Waals surface area (Å²) in [4.78, 5) is 2.55. The summed E-state index contributed by atoms with van der Waals surface area (Å²) in [6.07, 6.45) is 9.19. The average molecular weight is 255 g/mol. The van der Waals surface area contributed by atoms with E-state index in [4.69, 9.17) is 4.74 Å². The smallest absolute Gasteiger partial charge is 0.0599 e. The standard InChI is InChI=1S/C15H29NO2/c1-2-18-14-6-10-16(11-7-14)12-15(13-17)8-4-3-5-9-15/h14,17H,2-13H2,1H3. The lowest BCUT2D eigenvalue weighted by atomic mass is 9.74. The first-order valence-electron chi connectivity index (χ1n) is 7.73. The van der Waals surface area contributed by atoms with Crippen molar-refractivity contribution in [2.45, 2.75) is 58.0 Å². The maximum atomic E-state index is 9.76. The van der Waals surface area contributed by atoms with Gasteiger partial charge in [0, 0.05) is 38.3 Å². The van der Waals surface area contributed by atoms with Gasteiger partial charge in [-0.1, -0.05) is 19.3 Å². The fourth-order valence-electron chi connectivity index (χ4n) is 3.61. The molecule has 3 nitrogen and oxygen atoms in total. The van der Waals surface area contributed by atoms with Crippen LogP contribution in [0.3, 0.4) is 0 Å². The molecule has 1 heterocycles. The fraction of sp³-hybridized carbons (Fsp3) is 1.00. The van der Waals surface area contributed by atoms with Crippen LogP contribution in [0.15, 0.2) is 0 Å². The van der Waals surface area contributed by atoms with E-state index in [1.54, 1.807) is 0 Å². The number of piperidine rings is 1. The Balaban J connectivity index is 1.79. The molecule has 2 fully saturated rings. The largest absolute Gasteiger partial charge is 0.396 e. The molecule has 1 N–H and O–H groups in total. The van der Waals surface area contributed by atoms with Gasteiger partial charge in [0.25, 0.3) is 0 Å². The highest BCUT2D eigenvalue weighted by Gasteiger charge is 2.34. The van der Waals surface area contributed by atoms with Crippen molar-refractivity contribution < 1.29 is 9.84 Å². The normalized spacial score (nSPS) is 26.3. The fourth-order valence-corrected chi connectivity index (χ4v) is 3.61. The number of hydrogen-bond donors (Lipinski definition) is 1. The number of ether oxygens (including phenoxy) is 1. The van der Waals surface area contributed by atoms with E-state index < -0.39 is 0 Å². The van der Waals surface area contributed by atoms with Gasteiger partial charge < -0.3 is 14.7 Å². The summed E-state index contributed by atoms with van der Waals surface area (Å²) in [5.74, 6) is 0. The highest BCUT2D eigenvalue weighted by atomic mass is 16.5. The van der Waals surface area contributed by atoms with E-state index >= 15 is 0 Å². The molecule has 0 unspecified atom stereocenters. The minimum absolute atomic E-state index is 0.205. The first-order chi connectivity index (χ1) is 8.78. The SMILES string of the molecule is CCOC1CCN(CC2(CO)CCCCC2)CC1. The molecule has 0 aromatic rings. The molecule has 0 aromatic heterocycles. The van der Waals surface area contributed by atoms with Crippen molar-refractivity contribution in [3.8, 4) is 0 Å². The second-order valence-corrected chi connectivity index (χ2v) is 6.15. The van der Waals surface area contributed by atoms with Crippen LogP contribution < -0.4 is 0 Å². The molecule has 1 saturated carbocycles. The van der Waals surface area contributed by atoms with Gasteiger partial charge in [0.05, 0.1) is 6.10 Å². The zero-order chi connectivity index (χ0) is 12.8. The number of aliphatic hydroxyl groups is 1. The number of aliphatic hydroxyl groups excluding tert-OH is 1.